The fourth-order valence-corrected chi connectivity index (χ4v) is 2.09. The quantitative estimate of drug-likeness (QED) is 0.351. The Morgan fingerprint density at radius 2 is 2.43 bits per heavy atom. The topological polar surface area (TPSA) is 52.6 Å². The molecule has 3 atom stereocenters. The van der Waals surface area contributed by atoms with Crippen LogP contribution < -0.4 is 0 Å². The van der Waals surface area contributed by atoms with E-state index in [0.29, 0.717) is 0 Å². The summed E-state index contributed by atoms with van der Waals surface area (Å²) in [6.45, 7) is 0. The van der Waals surface area contributed by atoms with Crippen molar-refractivity contribution in [1.82, 2.24) is 0 Å². The van der Waals surface area contributed by atoms with Gasteiger partial charge in [0.15, 0.2) is 5.92 Å². The Bertz CT molecular complexity index is 294. The van der Waals surface area contributed by atoms with Gasteiger partial charge in [-0.05, 0) is 18.9 Å². The molecule has 1 fully saturated rings. The van der Waals surface area contributed by atoms with Crippen LogP contribution in [0.5, 0.6) is 0 Å². The highest BCUT2D eigenvalue weighted by Gasteiger charge is 2.48. The number of rotatable bonds is 1. The van der Waals surface area contributed by atoms with Crippen LogP contribution in [0.4, 0.5) is 0 Å². The van der Waals surface area contributed by atoms with Crippen LogP contribution >= 0.6 is 0 Å². The van der Waals surface area contributed by atoms with E-state index in [1.807, 2.05) is 12.2 Å². The van der Waals surface area contributed by atoms with Gasteiger partial charge in [0, 0.05) is 5.92 Å². The molecular weight excluding hydrogens is 184 g/mol. The molecule has 0 amide bonds. The Kier molecular flexibility index (Phi) is 2.27. The minimum absolute atomic E-state index is 0.0278. The van der Waals surface area contributed by atoms with Crippen LogP contribution in [0.2, 0.25) is 0 Å². The van der Waals surface area contributed by atoms with Crippen LogP contribution in [0.15, 0.2) is 12.2 Å². The second-order valence-electron chi connectivity index (χ2n) is 3.57. The van der Waals surface area contributed by atoms with Crippen molar-refractivity contribution >= 4 is 11.9 Å². The van der Waals surface area contributed by atoms with Gasteiger partial charge in [-0.1, -0.05) is 6.08 Å². The van der Waals surface area contributed by atoms with Gasteiger partial charge in [0.2, 0.25) is 0 Å². The molecule has 76 valence electrons. The summed E-state index contributed by atoms with van der Waals surface area (Å²) in [5.74, 6) is -1.66. The summed E-state index contributed by atoms with van der Waals surface area (Å²) in [7, 11) is 1.29. The normalized spacial score (nSPS) is 34.9. The van der Waals surface area contributed by atoms with Crippen molar-refractivity contribution in [2.45, 2.75) is 18.9 Å². The Hall–Kier alpha value is -1.32. The largest absolute Gasteiger partial charge is 0.468 e. The van der Waals surface area contributed by atoms with Crippen LogP contribution in [-0.2, 0) is 19.1 Å². The van der Waals surface area contributed by atoms with E-state index >= 15 is 0 Å². The fraction of sp³-hybridized carbons (Fsp3) is 0.600. The minimum Gasteiger partial charge on any atom is -0.468 e. The van der Waals surface area contributed by atoms with E-state index in [1.165, 1.54) is 7.11 Å². The molecule has 2 aliphatic rings. The van der Waals surface area contributed by atoms with Gasteiger partial charge in [-0.15, -0.1) is 0 Å². The number of allylic oxidation sites excluding steroid dienone is 1. The van der Waals surface area contributed by atoms with E-state index in [9.17, 15) is 9.59 Å². The molecule has 2 rings (SSSR count). The van der Waals surface area contributed by atoms with Crippen molar-refractivity contribution in [1.29, 1.82) is 0 Å². The number of methoxy groups -OCH3 is 1. The zero-order chi connectivity index (χ0) is 10.1. The number of hydrogen-bond acceptors (Lipinski definition) is 4. The van der Waals surface area contributed by atoms with Crippen LogP contribution in [0, 0.1) is 11.8 Å². The van der Waals surface area contributed by atoms with Gasteiger partial charge in [-0.2, -0.15) is 0 Å². The molecular formula is C10H12O4. The van der Waals surface area contributed by atoms with Crippen LogP contribution in [0.3, 0.4) is 0 Å². The average molecular weight is 196 g/mol. The van der Waals surface area contributed by atoms with Crippen molar-refractivity contribution in [3.05, 3.63) is 12.2 Å². The lowest BCUT2D eigenvalue weighted by Crippen LogP contribution is -2.29. The Labute approximate surface area is 81.9 Å². The maximum atomic E-state index is 11.4. The molecule has 0 spiro atoms. The highest BCUT2D eigenvalue weighted by Crippen LogP contribution is 2.36. The van der Waals surface area contributed by atoms with Gasteiger partial charge in [0.1, 0.15) is 6.10 Å². The Morgan fingerprint density at radius 1 is 1.64 bits per heavy atom. The van der Waals surface area contributed by atoms with Gasteiger partial charge in [-0.3, -0.25) is 9.59 Å². The number of hydrogen-bond donors (Lipinski definition) is 0. The molecule has 1 aliphatic heterocycles. The number of carbonyl (C=O) groups is 2. The summed E-state index contributed by atoms with van der Waals surface area (Å²) in [6.07, 6.45) is 5.32. The average Bonchev–Trinajstić information content (AvgIpc) is 2.53. The molecule has 0 saturated carbocycles. The number of fused-ring (bicyclic) bond motifs is 1. The molecule has 14 heavy (non-hydrogen) atoms. The molecule has 0 aromatic carbocycles. The highest BCUT2D eigenvalue weighted by molar-refractivity contribution is 5.96. The first-order chi connectivity index (χ1) is 6.74. The van der Waals surface area contributed by atoms with Crippen molar-refractivity contribution < 1.29 is 19.1 Å². The van der Waals surface area contributed by atoms with Gasteiger partial charge in [0.25, 0.3) is 0 Å². The predicted molar refractivity (Wildman–Crippen MR) is 47.3 cm³/mol. The third-order valence-corrected chi connectivity index (χ3v) is 2.80. The van der Waals surface area contributed by atoms with Gasteiger partial charge < -0.3 is 9.47 Å². The first-order valence-corrected chi connectivity index (χ1v) is 4.69. The second-order valence-corrected chi connectivity index (χ2v) is 3.57. The summed E-state index contributed by atoms with van der Waals surface area (Å²) in [5.41, 5.74) is 0. The van der Waals surface area contributed by atoms with E-state index in [0.717, 1.165) is 12.8 Å². The lowest BCUT2D eigenvalue weighted by molar-refractivity contribution is -0.155. The summed E-state index contributed by atoms with van der Waals surface area (Å²) in [5, 5.41) is 0. The number of esters is 2. The number of ether oxygens (including phenoxy) is 2. The smallest absolute Gasteiger partial charge is 0.321 e. The molecule has 0 bridgehead atoms. The van der Waals surface area contributed by atoms with E-state index < -0.39 is 17.9 Å². The van der Waals surface area contributed by atoms with Gasteiger partial charge in [-0.25, -0.2) is 0 Å². The molecule has 0 N–H and O–H groups in total. The summed E-state index contributed by atoms with van der Waals surface area (Å²) in [4.78, 5) is 22.7. The molecule has 0 aromatic heterocycles. The van der Waals surface area contributed by atoms with E-state index in [-0.39, 0.29) is 12.0 Å². The first kappa shape index (κ1) is 9.24. The molecule has 1 heterocycles. The van der Waals surface area contributed by atoms with E-state index in [1.54, 1.807) is 0 Å². The maximum Gasteiger partial charge on any atom is 0.321 e. The molecule has 4 heteroatoms. The molecule has 4 nitrogen and oxygen atoms in total. The third kappa shape index (κ3) is 1.31. The summed E-state index contributed by atoms with van der Waals surface area (Å²) < 4.78 is 9.66. The summed E-state index contributed by atoms with van der Waals surface area (Å²) in [6, 6.07) is 0. The van der Waals surface area contributed by atoms with Crippen molar-refractivity contribution in [3.8, 4) is 0 Å². The van der Waals surface area contributed by atoms with Crippen LogP contribution in [-0.4, -0.2) is 25.2 Å². The minimum atomic E-state index is -0.713. The Balaban J connectivity index is 2.21. The van der Waals surface area contributed by atoms with Gasteiger partial charge in [0.05, 0.1) is 7.11 Å². The molecule has 0 aromatic rings. The lowest BCUT2D eigenvalue weighted by atomic mass is 9.83. The van der Waals surface area contributed by atoms with Crippen molar-refractivity contribution in [2.75, 3.05) is 7.11 Å². The van der Waals surface area contributed by atoms with Crippen LogP contribution in [0.1, 0.15) is 12.8 Å². The van der Waals surface area contributed by atoms with E-state index in [4.69, 9.17) is 4.74 Å². The first-order valence-electron chi connectivity index (χ1n) is 4.69. The van der Waals surface area contributed by atoms with Crippen LogP contribution in [0.25, 0.3) is 0 Å². The van der Waals surface area contributed by atoms with Gasteiger partial charge >= 0.3 is 11.9 Å². The fourth-order valence-electron chi connectivity index (χ4n) is 2.09. The molecule has 1 unspecified atom stereocenters. The third-order valence-electron chi connectivity index (χ3n) is 2.80. The Morgan fingerprint density at radius 3 is 3.14 bits per heavy atom. The number of carbonyl (C=O) groups excluding carboxylic acids is 2. The highest BCUT2D eigenvalue weighted by atomic mass is 16.6. The van der Waals surface area contributed by atoms with Crippen molar-refractivity contribution in [2.24, 2.45) is 11.8 Å². The van der Waals surface area contributed by atoms with Crippen molar-refractivity contribution in [3.63, 3.8) is 0 Å². The monoisotopic (exact) mass is 196 g/mol. The summed E-state index contributed by atoms with van der Waals surface area (Å²) >= 11 is 0. The lowest BCUT2D eigenvalue weighted by Gasteiger charge is -2.19. The molecule has 0 radical (unpaired) electrons. The zero-order valence-electron chi connectivity index (χ0n) is 7.93. The SMILES string of the molecule is COC(=O)C1C(=O)O[C@@H]2C=CCC[C@H]12. The molecule has 1 saturated heterocycles. The maximum absolute atomic E-state index is 11.4. The second kappa shape index (κ2) is 3.44. The predicted octanol–water partition coefficient (Wildman–Crippen LogP) is 0.667. The molecule has 1 aliphatic carbocycles. The van der Waals surface area contributed by atoms with E-state index in [2.05, 4.69) is 4.74 Å². The standard InChI is InChI=1S/C10H12O4/c1-13-9(11)8-6-4-2-3-5-7(6)14-10(8)12/h3,5-8H,2,4H2,1H3/t6-,7+,8?/m0/s1. The zero-order valence-corrected chi connectivity index (χ0v) is 7.93.